The van der Waals surface area contributed by atoms with E-state index in [-0.39, 0.29) is 23.0 Å². The first-order valence-electron chi connectivity index (χ1n) is 7.21. The molecule has 2 rings (SSSR count). The molecule has 1 heterocycles. The van der Waals surface area contributed by atoms with Crippen LogP contribution in [0.5, 0.6) is 0 Å². The first-order valence-corrected chi connectivity index (χ1v) is 10.2. The second kappa shape index (κ2) is 8.88. The van der Waals surface area contributed by atoms with Crippen LogP contribution in [0.1, 0.15) is 20.8 Å². The minimum Gasteiger partial charge on any atom is -0.326 e. The SMILES string of the molecule is CC(=O)N=c1nc(SC(C)C(=O)Nc2ccc(NC(C)=O)cc2)ss1. The molecule has 0 saturated carbocycles. The Kier molecular flexibility index (Phi) is 6.85. The van der Waals surface area contributed by atoms with Crippen LogP contribution in [0.4, 0.5) is 11.4 Å². The van der Waals surface area contributed by atoms with Gasteiger partial charge < -0.3 is 10.6 Å². The van der Waals surface area contributed by atoms with Crippen molar-refractivity contribution in [3.63, 3.8) is 0 Å². The zero-order valence-electron chi connectivity index (χ0n) is 13.7. The Morgan fingerprint density at radius 2 is 1.68 bits per heavy atom. The third kappa shape index (κ3) is 6.40. The molecule has 0 saturated heterocycles. The molecule has 0 aliphatic rings. The summed E-state index contributed by atoms with van der Waals surface area (Å²) < 4.78 is 0.689. The lowest BCUT2D eigenvalue weighted by molar-refractivity contribution is -0.116. The van der Waals surface area contributed by atoms with Gasteiger partial charge in [-0.05, 0) is 51.9 Å². The average molecular weight is 397 g/mol. The lowest BCUT2D eigenvalue weighted by Gasteiger charge is -2.11. The fourth-order valence-electron chi connectivity index (χ4n) is 1.70. The highest BCUT2D eigenvalue weighted by Gasteiger charge is 2.16. The van der Waals surface area contributed by atoms with E-state index in [4.69, 9.17) is 0 Å². The van der Waals surface area contributed by atoms with Gasteiger partial charge in [-0.15, -0.1) is 0 Å². The molecular formula is C15H16N4O3S3. The maximum atomic E-state index is 12.3. The van der Waals surface area contributed by atoms with Crippen LogP contribution in [0, 0.1) is 0 Å². The Morgan fingerprint density at radius 1 is 1.08 bits per heavy atom. The van der Waals surface area contributed by atoms with Gasteiger partial charge in [0.05, 0.1) is 5.25 Å². The van der Waals surface area contributed by atoms with Gasteiger partial charge in [0, 0.05) is 25.2 Å². The van der Waals surface area contributed by atoms with Crippen molar-refractivity contribution in [3.8, 4) is 0 Å². The van der Waals surface area contributed by atoms with Crippen LogP contribution in [0.2, 0.25) is 0 Å². The van der Waals surface area contributed by atoms with Gasteiger partial charge in [-0.1, -0.05) is 11.8 Å². The summed E-state index contributed by atoms with van der Waals surface area (Å²) in [5, 5.41) is 5.11. The zero-order chi connectivity index (χ0) is 18.4. The number of thioether (sulfide) groups is 1. The molecule has 1 aromatic carbocycles. The fraction of sp³-hybridized carbons (Fsp3) is 0.267. The summed E-state index contributed by atoms with van der Waals surface area (Å²) >= 11 is 1.31. The van der Waals surface area contributed by atoms with E-state index >= 15 is 0 Å². The largest absolute Gasteiger partial charge is 0.326 e. The number of hydrogen-bond acceptors (Lipinski definition) is 7. The number of nitrogens with one attached hydrogen (secondary N) is 2. The van der Waals surface area contributed by atoms with Gasteiger partial charge in [0.2, 0.25) is 22.5 Å². The summed E-state index contributed by atoms with van der Waals surface area (Å²) in [4.78, 5) is 42.6. The number of carbonyl (C=O) groups is 3. The first kappa shape index (κ1) is 19.3. The van der Waals surface area contributed by atoms with Crippen molar-refractivity contribution < 1.29 is 14.4 Å². The molecule has 2 N–H and O–H groups in total. The van der Waals surface area contributed by atoms with Crippen LogP contribution in [-0.4, -0.2) is 28.0 Å². The number of hydrogen-bond donors (Lipinski definition) is 2. The molecule has 1 aromatic heterocycles. The number of carbonyl (C=O) groups excluding carboxylic acids is 3. The molecule has 1 atom stereocenters. The monoisotopic (exact) mass is 396 g/mol. The molecule has 0 aliphatic heterocycles. The molecule has 0 bridgehead atoms. The number of anilines is 2. The van der Waals surface area contributed by atoms with Gasteiger partial charge in [0.1, 0.15) is 0 Å². The molecule has 0 aliphatic carbocycles. The standard InChI is InChI=1S/C15H16N4O3S3/c1-8(23-15-19-14(24-25-15)17-10(3)21)13(22)18-12-6-4-11(5-7-12)16-9(2)20/h4-8H,1-3H3,(H,16,20)(H,18,22). The Balaban J connectivity index is 1.94. The highest BCUT2D eigenvalue weighted by Crippen LogP contribution is 2.26. The van der Waals surface area contributed by atoms with Crippen molar-refractivity contribution in [1.82, 2.24) is 4.98 Å². The topological polar surface area (TPSA) is 101 Å². The van der Waals surface area contributed by atoms with E-state index in [1.54, 1.807) is 31.2 Å². The van der Waals surface area contributed by atoms with Crippen LogP contribution < -0.4 is 15.4 Å². The number of benzene rings is 1. The van der Waals surface area contributed by atoms with Gasteiger partial charge in [-0.25, -0.2) is 0 Å². The molecule has 132 valence electrons. The summed E-state index contributed by atoms with van der Waals surface area (Å²) in [5.41, 5.74) is 1.31. The molecule has 2 aromatic rings. The molecule has 7 nitrogen and oxygen atoms in total. The summed E-state index contributed by atoms with van der Waals surface area (Å²) in [5.74, 6) is -0.615. The van der Waals surface area contributed by atoms with Gasteiger partial charge in [0.15, 0.2) is 4.34 Å². The lowest BCUT2D eigenvalue weighted by Crippen LogP contribution is -2.22. The Hall–Kier alpha value is -2.04. The Labute approximate surface area is 156 Å². The van der Waals surface area contributed by atoms with E-state index in [1.807, 2.05) is 0 Å². The van der Waals surface area contributed by atoms with Crippen LogP contribution in [0.15, 0.2) is 33.6 Å². The van der Waals surface area contributed by atoms with Crippen molar-refractivity contribution in [2.45, 2.75) is 30.4 Å². The number of nitrogens with zero attached hydrogens (tertiary/aromatic N) is 2. The summed E-state index contributed by atoms with van der Waals surface area (Å²) in [6.07, 6.45) is 0. The number of aromatic nitrogens is 1. The smallest absolute Gasteiger partial charge is 0.245 e. The van der Waals surface area contributed by atoms with Crippen LogP contribution in [0.3, 0.4) is 0 Å². The molecule has 0 radical (unpaired) electrons. The van der Waals surface area contributed by atoms with Crippen molar-refractivity contribution in [3.05, 3.63) is 29.1 Å². The first-order chi connectivity index (χ1) is 11.8. The molecule has 1 unspecified atom stereocenters. The quantitative estimate of drug-likeness (QED) is 0.598. The van der Waals surface area contributed by atoms with E-state index < -0.39 is 0 Å². The van der Waals surface area contributed by atoms with Crippen molar-refractivity contribution in [2.24, 2.45) is 4.99 Å². The van der Waals surface area contributed by atoms with E-state index in [9.17, 15) is 14.4 Å². The van der Waals surface area contributed by atoms with Gasteiger partial charge >= 0.3 is 0 Å². The predicted octanol–water partition coefficient (Wildman–Crippen LogP) is 2.73. The number of amides is 3. The maximum Gasteiger partial charge on any atom is 0.245 e. The van der Waals surface area contributed by atoms with Crippen molar-refractivity contribution in [1.29, 1.82) is 0 Å². The maximum absolute atomic E-state index is 12.3. The van der Waals surface area contributed by atoms with Gasteiger partial charge in [-0.2, -0.15) is 9.98 Å². The van der Waals surface area contributed by atoms with E-state index in [1.165, 1.54) is 46.3 Å². The third-order valence-corrected chi connectivity index (χ3v) is 6.28. The Bertz CT molecular complexity index is 842. The lowest BCUT2D eigenvalue weighted by atomic mass is 10.2. The molecule has 10 heteroatoms. The highest BCUT2D eigenvalue weighted by molar-refractivity contribution is 8.03. The third-order valence-electron chi connectivity index (χ3n) is 2.75. The van der Waals surface area contributed by atoms with Gasteiger partial charge in [-0.3, -0.25) is 14.4 Å². The minimum atomic E-state index is -0.362. The Morgan fingerprint density at radius 3 is 2.24 bits per heavy atom. The van der Waals surface area contributed by atoms with Crippen LogP contribution in [-0.2, 0) is 14.4 Å². The van der Waals surface area contributed by atoms with Gasteiger partial charge in [0.25, 0.3) is 0 Å². The van der Waals surface area contributed by atoms with E-state index in [2.05, 4.69) is 20.6 Å². The van der Waals surface area contributed by atoms with Crippen molar-refractivity contribution >= 4 is 61.5 Å². The molecule has 0 fully saturated rings. The summed E-state index contributed by atoms with van der Waals surface area (Å²) in [6, 6.07) is 6.87. The minimum absolute atomic E-state index is 0.151. The fourth-order valence-corrected chi connectivity index (χ4v) is 5.01. The predicted molar refractivity (Wildman–Crippen MR) is 101 cm³/mol. The number of rotatable bonds is 5. The second-order valence-corrected chi connectivity index (χ2v) is 8.64. The highest BCUT2D eigenvalue weighted by atomic mass is 32.9. The molecule has 0 spiro atoms. The molecule has 25 heavy (non-hydrogen) atoms. The average Bonchev–Trinajstić information content (AvgIpc) is 2.94. The van der Waals surface area contributed by atoms with E-state index in [0.29, 0.717) is 20.5 Å². The summed E-state index contributed by atoms with van der Waals surface area (Å²) in [7, 11) is 2.68. The van der Waals surface area contributed by atoms with E-state index in [0.717, 1.165) is 0 Å². The molecule has 3 amide bonds. The molecular weight excluding hydrogens is 380 g/mol. The van der Waals surface area contributed by atoms with Crippen LogP contribution >= 0.6 is 32.4 Å². The summed E-state index contributed by atoms with van der Waals surface area (Å²) in [6.45, 7) is 4.58. The second-order valence-electron chi connectivity index (χ2n) is 4.97. The van der Waals surface area contributed by atoms with Crippen molar-refractivity contribution in [2.75, 3.05) is 10.6 Å². The van der Waals surface area contributed by atoms with Crippen LogP contribution in [0.25, 0.3) is 0 Å². The normalized spacial score (nSPS) is 12.5. The zero-order valence-corrected chi connectivity index (χ0v) is 16.2.